The number of hydrogen-bond acceptors (Lipinski definition) is 3. The fourth-order valence-corrected chi connectivity index (χ4v) is 6.74. The molecule has 3 nitrogen and oxygen atoms in total. The zero-order chi connectivity index (χ0) is 44.3. The monoisotopic (exact) mass is 887 g/mol. The van der Waals surface area contributed by atoms with E-state index in [0.29, 0.717) is 6.54 Å². The molecule has 0 amide bonds. The van der Waals surface area contributed by atoms with Crippen molar-refractivity contribution in [3.63, 3.8) is 0 Å². The minimum absolute atomic E-state index is 0.0938. The van der Waals surface area contributed by atoms with Crippen LogP contribution in [0.4, 0.5) is 87.8 Å². The third kappa shape index (κ3) is 6.73. The molecule has 5 aromatic carbocycles. The minimum atomic E-state index is -7.22. The lowest BCUT2D eigenvalue weighted by molar-refractivity contribution is -0.694. The van der Waals surface area contributed by atoms with Gasteiger partial charge in [-0.15, -0.1) is 26.4 Å². The van der Waals surface area contributed by atoms with Crippen LogP contribution in [0.1, 0.15) is 5.56 Å². The second kappa shape index (κ2) is 16.0. The van der Waals surface area contributed by atoms with Gasteiger partial charge < -0.3 is 10.2 Å². The molecule has 0 aliphatic heterocycles. The highest BCUT2D eigenvalue weighted by atomic mass is 32.1. The average molecular weight is 887 g/mol. The maximum absolute atomic E-state index is 15.4. The number of halogens is 20. The lowest BCUT2D eigenvalue weighted by Gasteiger charge is -2.44. The Balaban J connectivity index is 0.000000395. The fourth-order valence-electron chi connectivity index (χ4n) is 6.12. The van der Waals surface area contributed by atoms with Crippen LogP contribution in [0.3, 0.4) is 0 Å². The van der Waals surface area contributed by atoms with E-state index in [4.69, 9.17) is 0 Å². The molecule has 0 saturated carbocycles. The van der Waals surface area contributed by atoms with Crippen LogP contribution in [0.15, 0.2) is 35.7 Å². The van der Waals surface area contributed by atoms with Gasteiger partial charge in [-0.3, -0.25) is 0 Å². The molecule has 0 bridgehead atoms. The summed E-state index contributed by atoms with van der Waals surface area (Å²) in [4.78, 5) is 0. The summed E-state index contributed by atoms with van der Waals surface area (Å²) in [7, 11) is 0. The van der Waals surface area contributed by atoms with Crippen molar-refractivity contribution in [3.8, 4) is 11.1 Å². The summed E-state index contributed by atoms with van der Waals surface area (Å²) < 4.78 is 295. The number of rotatable bonds is 6. The largest absolute Gasteiger partial charge is 0.459 e. The first kappa shape index (κ1) is 44.1. The summed E-state index contributed by atoms with van der Waals surface area (Å²) in [5.41, 5.74) is -13.3. The van der Waals surface area contributed by atoms with Crippen LogP contribution in [-0.2, 0) is 6.54 Å². The van der Waals surface area contributed by atoms with Gasteiger partial charge in [0.15, 0.2) is 76.4 Å². The molecule has 59 heavy (non-hydrogen) atoms. The van der Waals surface area contributed by atoms with Crippen LogP contribution >= 0.6 is 11.3 Å². The molecule has 25 heteroatoms. The third-order valence-corrected chi connectivity index (χ3v) is 9.43. The highest BCUT2D eigenvalue weighted by molar-refractivity contribution is 7.20. The van der Waals surface area contributed by atoms with Crippen molar-refractivity contribution >= 4 is 39.3 Å². The van der Waals surface area contributed by atoms with E-state index in [1.165, 1.54) is 9.95 Å². The summed E-state index contributed by atoms with van der Waals surface area (Å²) in [5, 5.41) is 20.4. The molecule has 0 aliphatic rings. The second-order valence-electron chi connectivity index (χ2n) is 11.7. The maximum Gasteiger partial charge on any atom is 0.431 e. The van der Waals surface area contributed by atoms with Gasteiger partial charge >= 0.3 is 11.1 Å². The third-order valence-electron chi connectivity index (χ3n) is 8.67. The normalized spacial score (nSPS) is 11.6. The number of benzene rings is 5. The van der Waals surface area contributed by atoms with E-state index < -0.39 is 144 Å². The zero-order valence-corrected chi connectivity index (χ0v) is 28.4. The van der Waals surface area contributed by atoms with E-state index in [1.54, 1.807) is 0 Å². The first-order valence-corrected chi connectivity index (χ1v) is 16.0. The second-order valence-corrected chi connectivity index (χ2v) is 12.6. The molecular formula is C34H10BF20NO2S. The van der Waals surface area contributed by atoms with Gasteiger partial charge in [0.05, 0.1) is 0 Å². The Kier molecular flexibility index (Phi) is 11.9. The van der Waals surface area contributed by atoms with Crippen LogP contribution in [0.2, 0.25) is 0 Å². The molecule has 1 heterocycles. The summed E-state index contributed by atoms with van der Waals surface area (Å²) in [5.74, 6) is -71.3. The van der Waals surface area contributed by atoms with E-state index in [2.05, 4.69) is 0 Å². The predicted octanol–water partition coefficient (Wildman–Crippen LogP) is 7.34. The molecule has 0 atom stereocenters. The Labute approximate surface area is 317 Å². The van der Waals surface area contributed by atoms with Crippen LogP contribution in [0.5, 0.6) is 11.1 Å². The average Bonchev–Trinajstić information content (AvgIpc) is 3.53. The van der Waals surface area contributed by atoms with Crippen LogP contribution in [-0.4, -0.2) is 16.4 Å². The van der Waals surface area contributed by atoms with Gasteiger partial charge in [-0.05, 0) is 11.3 Å². The molecule has 0 spiro atoms. The molecule has 0 unspecified atom stereocenters. The van der Waals surface area contributed by atoms with Crippen molar-refractivity contribution in [2.75, 3.05) is 0 Å². The molecule has 0 radical (unpaired) electrons. The summed E-state index contributed by atoms with van der Waals surface area (Å²) in [6, 6.07) is 9.68. The molecule has 1 aromatic heterocycles. The van der Waals surface area contributed by atoms with Gasteiger partial charge in [0.25, 0.3) is 0 Å². The Morgan fingerprint density at radius 3 is 0.831 bits per heavy atom. The lowest BCUT2D eigenvalue weighted by atomic mass is 9.12. The van der Waals surface area contributed by atoms with Crippen molar-refractivity contribution < 1.29 is 103 Å². The van der Waals surface area contributed by atoms with E-state index >= 15 is 35.1 Å². The Hall–Kier alpha value is -6.01. The summed E-state index contributed by atoms with van der Waals surface area (Å²) >= 11 is 1.12. The van der Waals surface area contributed by atoms with Gasteiger partial charge in [0, 0.05) is 5.56 Å². The molecule has 6 aromatic rings. The number of thiazole rings is 1. The number of aromatic hydroxyl groups is 2. The van der Waals surface area contributed by atoms with E-state index in [9.17, 15) is 62.9 Å². The van der Waals surface area contributed by atoms with Crippen molar-refractivity contribution in [2.45, 2.75) is 6.54 Å². The van der Waals surface area contributed by atoms with Crippen molar-refractivity contribution in [2.24, 2.45) is 0 Å². The number of nitrogens with zero attached hydrogens (tertiary/aromatic N) is 1. The van der Waals surface area contributed by atoms with E-state index in [1.807, 2.05) is 30.3 Å². The zero-order valence-electron chi connectivity index (χ0n) is 27.6. The standard InChI is InChI=1S/C24BF20.C10H9NO2S/c26-5-1(6(27)14(35)21(42)13(5)34)25(2-7(28)15(36)22(43)16(37)8(2)29,3-9(30)17(38)23(44)18(39)10(3)31)4-11(32)19(40)24(45)20(41)12(4)33;12-9-7-14-10(13)11(9)6-8-4-2-1-3-5-8/h;1-5,7,12H,6H2/q-1;/p+1. The first-order valence-electron chi connectivity index (χ1n) is 15.1. The van der Waals surface area contributed by atoms with Crippen LogP contribution in [0.25, 0.3) is 0 Å². The van der Waals surface area contributed by atoms with Crippen LogP contribution in [0, 0.1) is 116 Å². The Morgan fingerprint density at radius 2 is 0.610 bits per heavy atom. The van der Waals surface area contributed by atoms with Gasteiger partial charge in [0.1, 0.15) is 58.1 Å². The quantitative estimate of drug-likeness (QED) is 0.0606. The highest BCUT2D eigenvalue weighted by Gasteiger charge is 2.52. The molecule has 312 valence electrons. The Bertz CT molecular complexity index is 2280. The molecule has 2 N–H and O–H groups in total. The summed E-state index contributed by atoms with van der Waals surface area (Å²) in [6.07, 6.45) is -7.22. The van der Waals surface area contributed by atoms with Gasteiger partial charge in [-0.25, -0.2) is 87.8 Å². The molecule has 0 aliphatic carbocycles. The van der Waals surface area contributed by atoms with E-state index in [-0.39, 0.29) is 11.1 Å². The molecule has 6 rings (SSSR count). The summed E-state index contributed by atoms with van der Waals surface area (Å²) in [6.45, 7) is 0.488. The van der Waals surface area contributed by atoms with Gasteiger partial charge in [-0.2, -0.15) is 0 Å². The topological polar surface area (TPSA) is 44.3 Å². The predicted molar refractivity (Wildman–Crippen MR) is 163 cm³/mol. The van der Waals surface area contributed by atoms with Crippen molar-refractivity contribution in [3.05, 3.63) is 158 Å². The van der Waals surface area contributed by atoms with Crippen molar-refractivity contribution in [1.82, 2.24) is 0 Å². The molecule has 0 fully saturated rings. The fraction of sp³-hybridized carbons (Fsp3) is 0.0294. The number of hydrogen-bond donors (Lipinski definition) is 2. The lowest BCUT2D eigenvalue weighted by Crippen LogP contribution is -2.81. The number of aromatic nitrogens is 1. The first-order chi connectivity index (χ1) is 27.5. The molecular weight excluding hydrogens is 877 g/mol. The highest BCUT2D eigenvalue weighted by Crippen LogP contribution is 2.31. The SMILES string of the molecule is Fc1c(F)c(F)c([B-](c2c(F)c(F)c(F)c(F)c2F)(c2c(F)c(F)c(F)c(F)c2F)c2c(F)c(F)c(F)c(F)c2F)c(F)c1F.Oc1csc(O)[n+]1Cc1ccccc1. The van der Waals surface area contributed by atoms with Crippen molar-refractivity contribution in [1.29, 1.82) is 0 Å². The van der Waals surface area contributed by atoms with Gasteiger partial charge in [-0.1, -0.05) is 30.3 Å². The maximum atomic E-state index is 15.4. The van der Waals surface area contributed by atoms with Gasteiger partial charge in [0.2, 0.25) is 0 Å². The molecule has 0 saturated heterocycles. The van der Waals surface area contributed by atoms with E-state index in [0.717, 1.165) is 16.9 Å². The smallest absolute Gasteiger partial charge is 0.431 e. The Morgan fingerprint density at radius 1 is 0.373 bits per heavy atom. The van der Waals surface area contributed by atoms with Crippen LogP contribution < -0.4 is 26.4 Å². The minimum Gasteiger partial charge on any atom is -0.459 e.